The van der Waals surface area contributed by atoms with E-state index in [4.69, 9.17) is 4.74 Å². The molecule has 0 fully saturated rings. The van der Waals surface area contributed by atoms with Crippen LogP contribution in [0.25, 0.3) is 11.3 Å². The SMILES string of the molecule is COc1ccc(C(C)=O)cc1CC(=O)Nc1nc(-c2ccc3c(c2)CCC3)cs1. The number of ketones is 1. The number of amides is 1. The van der Waals surface area contributed by atoms with Crippen molar-refractivity contribution >= 4 is 28.2 Å². The monoisotopic (exact) mass is 406 g/mol. The largest absolute Gasteiger partial charge is 0.496 e. The number of hydrogen-bond acceptors (Lipinski definition) is 5. The number of carbonyl (C=O) groups is 2. The number of Topliss-reactive ketones (excluding diaryl/α,β-unsaturated/α-hetero) is 1. The van der Waals surface area contributed by atoms with Gasteiger partial charge >= 0.3 is 0 Å². The zero-order chi connectivity index (χ0) is 20.4. The Morgan fingerprint density at radius 1 is 1.14 bits per heavy atom. The van der Waals surface area contributed by atoms with Gasteiger partial charge in [0, 0.05) is 22.1 Å². The minimum atomic E-state index is -0.196. The van der Waals surface area contributed by atoms with Crippen molar-refractivity contribution in [1.29, 1.82) is 0 Å². The number of fused-ring (bicyclic) bond motifs is 1. The molecule has 6 heteroatoms. The van der Waals surface area contributed by atoms with E-state index in [1.54, 1.807) is 25.3 Å². The number of ether oxygens (including phenoxy) is 1. The van der Waals surface area contributed by atoms with Crippen molar-refractivity contribution in [3.8, 4) is 17.0 Å². The smallest absolute Gasteiger partial charge is 0.230 e. The first-order chi connectivity index (χ1) is 14.0. The normalized spacial score (nSPS) is 12.5. The molecule has 0 bridgehead atoms. The summed E-state index contributed by atoms with van der Waals surface area (Å²) < 4.78 is 5.33. The predicted octanol–water partition coefficient (Wildman–Crippen LogP) is 4.69. The Kier molecular flexibility index (Phi) is 5.45. The van der Waals surface area contributed by atoms with Crippen LogP contribution >= 0.6 is 11.3 Å². The van der Waals surface area contributed by atoms with Gasteiger partial charge in [0.15, 0.2) is 10.9 Å². The number of aromatic nitrogens is 1. The molecule has 0 atom stereocenters. The molecule has 3 aromatic rings. The summed E-state index contributed by atoms with van der Waals surface area (Å²) in [4.78, 5) is 28.8. The lowest BCUT2D eigenvalue weighted by Crippen LogP contribution is -2.15. The average Bonchev–Trinajstić information content (AvgIpc) is 3.36. The van der Waals surface area contributed by atoms with Gasteiger partial charge in [0.1, 0.15) is 5.75 Å². The quantitative estimate of drug-likeness (QED) is 0.603. The molecule has 1 aromatic heterocycles. The van der Waals surface area contributed by atoms with Gasteiger partial charge in [-0.05, 0) is 61.6 Å². The van der Waals surface area contributed by atoms with Crippen LogP contribution in [0.4, 0.5) is 5.13 Å². The highest BCUT2D eigenvalue weighted by atomic mass is 32.1. The summed E-state index contributed by atoms with van der Waals surface area (Å²) in [6.45, 7) is 1.50. The van der Waals surface area contributed by atoms with E-state index < -0.39 is 0 Å². The fourth-order valence-corrected chi connectivity index (χ4v) is 4.40. The van der Waals surface area contributed by atoms with Crippen molar-refractivity contribution in [3.05, 3.63) is 64.0 Å². The number of benzene rings is 2. The Hall–Kier alpha value is -2.99. The van der Waals surface area contributed by atoms with Gasteiger partial charge < -0.3 is 10.1 Å². The van der Waals surface area contributed by atoms with Gasteiger partial charge in [-0.15, -0.1) is 11.3 Å². The Morgan fingerprint density at radius 2 is 1.97 bits per heavy atom. The number of carbonyl (C=O) groups excluding carboxylic acids is 2. The Balaban J connectivity index is 1.47. The summed E-state index contributed by atoms with van der Waals surface area (Å²) in [5.41, 5.74) is 6.02. The topological polar surface area (TPSA) is 68.3 Å². The fraction of sp³-hybridized carbons (Fsp3) is 0.261. The third kappa shape index (κ3) is 4.22. The summed E-state index contributed by atoms with van der Waals surface area (Å²) in [5.74, 6) is 0.343. The van der Waals surface area contributed by atoms with Crippen LogP contribution in [0.3, 0.4) is 0 Å². The van der Waals surface area contributed by atoms with Crippen LogP contribution in [0.1, 0.15) is 40.4 Å². The molecule has 0 aliphatic heterocycles. The predicted molar refractivity (Wildman–Crippen MR) is 115 cm³/mol. The second-order valence-electron chi connectivity index (χ2n) is 7.18. The molecule has 0 saturated heterocycles. The molecule has 148 valence electrons. The second-order valence-corrected chi connectivity index (χ2v) is 8.04. The summed E-state index contributed by atoms with van der Waals surface area (Å²) in [5, 5.41) is 5.38. The highest BCUT2D eigenvalue weighted by Gasteiger charge is 2.15. The minimum Gasteiger partial charge on any atom is -0.496 e. The van der Waals surface area contributed by atoms with Crippen molar-refractivity contribution in [1.82, 2.24) is 4.98 Å². The van der Waals surface area contributed by atoms with Crippen LogP contribution in [-0.2, 0) is 24.1 Å². The van der Waals surface area contributed by atoms with Crippen molar-refractivity contribution < 1.29 is 14.3 Å². The van der Waals surface area contributed by atoms with E-state index in [-0.39, 0.29) is 18.1 Å². The minimum absolute atomic E-state index is 0.0479. The zero-order valence-electron chi connectivity index (χ0n) is 16.5. The number of methoxy groups -OCH3 is 1. The van der Waals surface area contributed by atoms with E-state index in [9.17, 15) is 9.59 Å². The van der Waals surface area contributed by atoms with Crippen LogP contribution in [0, 0.1) is 0 Å². The molecule has 4 rings (SSSR count). The Morgan fingerprint density at radius 3 is 2.76 bits per heavy atom. The summed E-state index contributed by atoms with van der Waals surface area (Å²) in [7, 11) is 1.55. The molecule has 1 heterocycles. The van der Waals surface area contributed by atoms with Crippen molar-refractivity contribution in [2.45, 2.75) is 32.6 Å². The number of aryl methyl sites for hydroxylation is 2. The maximum absolute atomic E-state index is 12.5. The molecular formula is C23H22N2O3S. The molecule has 0 saturated carbocycles. The van der Waals surface area contributed by atoms with E-state index >= 15 is 0 Å². The number of hydrogen-bond donors (Lipinski definition) is 1. The molecule has 0 spiro atoms. The van der Waals surface area contributed by atoms with E-state index in [1.807, 2.05) is 5.38 Å². The molecule has 5 nitrogen and oxygen atoms in total. The van der Waals surface area contributed by atoms with Crippen LogP contribution in [-0.4, -0.2) is 23.8 Å². The molecule has 1 N–H and O–H groups in total. The van der Waals surface area contributed by atoms with Crippen LogP contribution in [0.15, 0.2) is 41.8 Å². The van der Waals surface area contributed by atoms with Gasteiger partial charge in [-0.3, -0.25) is 9.59 Å². The van der Waals surface area contributed by atoms with E-state index in [1.165, 1.54) is 35.8 Å². The Bertz CT molecular complexity index is 1090. The lowest BCUT2D eigenvalue weighted by atomic mass is 10.0. The van der Waals surface area contributed by atoms with Gasteiger partial charge in [-0.1, -0.05) is 12.1 Å². The highest BCUT2D eigenvalue weighted by molar-refractivity contribution is 7.14. The first-order valence-electron chi connectivity index (χ1n) is 9.59. The highest BCUT2D eigenvalue weighted by Crippen LogP contribution is 2.30. The molecule has 1 amide bonds. The standard InChI is InChI=1S/C23H22N2O3S/c1-14(26)16-8-9-21(28-2)19(10-16)12-22(27)25-23-24-20(13-29-23)18-7-6-15-4-3-5-17(15)11-18/h6-11,13H,3-5,12H2,1-2H3,(H,24,25,27). The molecule has 0 radical (unpaired) electrons. The van der Waals surface area contributed by atoms with Gasteiger partial charge in [-0.2, -0.15) is 0 Å². The molecule has 1 aliphatic carbocycles. The number of rotatable bonds is 6. The summed E-state index contributed by atoms with van der Waals surface area (Å²) in [6.07, 6.45) is 3.60. The zero-order valence-corrected chi connectivity index (χ0v) is 17.3. The second kappa shape index (κ2) is 8.17. The maximum atomic E-state index is 12.5. The first-order valence-corrected chi connectivity index (χ1v) is 10.5. The lowest BCUT2D eigenvalue weighted by Gasteiger charge is -2.09. The van der Waals surface area contributed by atoms with E-state index in [2.05, 4.69) is 28.5 Å². The van der Waals surface area contributed by atoms with E-state index in [0.29, 0.717) is 22.0 Å². The van der Waals surface area contributed by atoms with Gasteiger partial charge in [0.05, 0.1) is 19.2 Å². The first kappa shape index (κ1) is 19.3. The van der Waals surface area contributed by atoms with Gasteiger partial charge in [-0.25, -0.2) is 4.98 Å². The molecular weight excluding hydrogens is 384 g/mol. The van der Waals surface area contributed by atoms with Crippen LogP contribution < -0.4 is 10.1 Å². The lowest BCUT2D eigenvalue weighted by molar-refractivity contribution is -0.115. The van der Waals surface area contributed by atoms with E-state index in [0.717, 1.165) is 24.1 Å². The van der Waals surface area contributed by atoms with Crippen molar-refractivity contribution in [2.75, 3.05) is 12.4 Å². The third-order valence-corrected chi connectivity index (χ3v) is 5.94. The molecule has 0 unspecified atom stereocenters. The number of nitrogens with zero attached hydrogens (tertiary/aromatic N) is 1. The number of nitrogens with one attached hydrogen (secondary N) is 1. The third-order valence-electron chi connectivity index (χ3n) is 5.18. The number of anilines is 1. The molecule has 29 heavy (non-hydrogen) atoms. The summed E-state index contributed by atoms with van der Waals surface area (Å²) >= 11 is 1.41. The van der Waals surface area contributed by atoms with Crippen LogP contribution in [0.5, 0.6) is 5.75 Å². The van der Waals surface area contributed by atoms with Gasteiger partial charge in [0.25, 0.3) is 0 Å². The van der Waals surface area contributed by atoms with Crippen molar-refractivity contribution in [3.63, 3.8) is 0 Å². The Labute approximate surface area is 173 Å². The molecule has 2 aromatic carbocycles. The number of thiazole rings is 1. The molecule has 1 aliphatic rings. The van der Waals surface area contributed by atoms with Crippen molar-refractivity contribution in [2.24, 2.45) is 0 Å². The average molecular weight is 407 g/mol. The fourth-order valence-electron chi connectivity index (χ4n) is 3.67. The maximum Gasteiger partial charge on any atom is 0.230 e. The van der Waals surface area contributed by atoms with Crippen LogP contribution in [0.2, 0.25) is 0 Å². The summed E-state index contributed by atoms with van der Waals surface area (Å²) in [6, 6.07) is 11.6. The van der Waals surface area contributed by atoms with Gasteiger partial charge in [0.2, 0.25) is 5.91 Å².